The molecule has 0 unspecified atom stereocenters. The van der Waals surface area contributed by atoms with Crippen molar-refractivity contribution in [3.8, 4) is 0 Å². The van der Waals surface area contributed by atoms with Crippen LogP contribution >= 0.6 is 0 Å². The molecule has 4 fully saturated rings. The second-order valence-electron chi connectivity index (χ2n) is 10.7. The van der Waals surface area contributed by atoms with E-state index >= 15 is 0 Å². The lowest BCUT2D eigenvalue weighted by Gasteiger charge is -2.28. The lowest BCUT2D eigenvalue weighted by Crippen LogP contribution is -2.57. The van der Waals surface area contributed by atoms with Gasteiger partial charge in [0.05, 0.1) is 0 Å². The lowest BCUT2D eigenvalue weighted by molar-refractivity contribution is -0.140. The predicted octanol–water partition coefficient (Wildman–Crippen LogP) is 2.40. The van der Waals surface area contributed by atoms with Gasteiger partial charge >= 0.3 is 5.91 Å². The molecule has 0 aromatic rings. The summed E-state index contributed by atoms with van der Waals surface area (Å²) in [6.07, 6.45) is 11.6. The first-order valence-electron chi connectivity index (χ1n) is 12.3. The van der Waals surface area contributed by atoms with E-state index in [1.807, 2.05) is 0 Å². The van der Waals surface area contributed by atoms with Gasteiger partial charge < -0.3 is 10.2 Å². The Morgan fingerprint density at radius 1 is 1.16 bits per heavy atom. The first-order chi connectivity index (χ1) is 15.3. The Bertz CT molecular complexity index is 820. The minimum Gasteiger partial charge on any atom is -0.339 e. The number of carbonyl (C=O) groups excluding carboxylic acids is 3. The largest absolute Gasteiger partial charge is 0.339 e. The van der Waals surface area contributed by atoms with Gasteiger partial charge in [-0.1, -0.05) is 26.0 Å². The van der Waals surface area contributed by atoms with Crippen LogP contribution in [-0.4, -0.2) is 46.7 Å². The Balaban J connectivity index is 1.36. The van der Waals surface area contributed by atoms with E-state index in [0.29, 0.717) is 37.6 Å². The SMILES string of the molecule is C[C@@H]1CC/C=C\[C@@H]2C[C@@]2(C(=O)NC2(C3CC3)OO2)NC(=O)[C@@H]2CCCN2C(=O)C[C@H](C)C1. The number of amides is 3. The number of carbonyl (C=O) groups is 3. The third-order valence-electron chi connectivity index (χ3n) is 7.83. The van der Waals surface area contributed by atoms with Gasteiger partial charge in [-0.25, -0.2) is 0 Å². The molecular weight excluding hydrogens is 410 g/mol. The Kier molecular flexibility index (Phi) is 5.56. The molecule has 0 radical (unpaired) electrons. The average Bonchev–Trinajstić information content (AvgIpc) is 3.64. The highest BCUT2D eigenvalue weighted by Crippen LogP contribution is 2.51. The van der Waals surface area contributed by atoms with Gasteiger partial charge in [0.15, 0.2) is 0 Å². The monoisotopic (exact) mass is 445 g/mol. The van der Waals surface area contributed by atoms with Crippen molar-refractivity contribution in [2.45, 2.75) is 89.1 Å². The average molecular weight is 446 g/mol. The first-order valence-corrected chi connectivity index (χ1v) is 12.3. The quantitative estimate of drug-likeness (QED) is 0.394. The summed E-state index contributed by atoms with van der Waals surface area (Å²) in [5.74, 6) is -0.510. The minimum atomic E-state index is -1.01. The molecule has 3 amide bonds. The molecule has 176 valence electrons. The molecule has 2 N–H and O–H groups in total. The van der Waals surface area contributed by atoms with E-state index < -0.39 is 17.5 Å². The van der Waals surface area contributed by atoms with Gasteiger partial charge in [0.1, 0.15) is 11.6 Å². The zero-order chi connectivity index (χ0) is 22.5. The lowest BCUT2D eigenvalue weighted by atomic mass is 9.91. The molecule has 0 aromatic heterocycles. The number of allylic oxidation sites excluding steroid dienone is 1. The van der Waals surface area contributed by atoms with E-state index in [1.165, 1.54) is 0 Å². The summed E-state index contributed by atoms with van der Waals surface area (Å²) >= 11 is 0. The van der Waals surface area contributed by atoms with Crippen molar-refractivity contribution in [2.24, 2.45) is 23.7 Å². The number of rotatable bonds is 3. The molecule has 2 aliphatic carbocycles. The Hall–Kier alpha value is -1.93. The van der Waals surface area contributed by atoms with Gasteiger partial charge in [-0.3, -0.25) is 19.7 Å². The van der Waals surface area contributed by atoms with E-state index in [4.69, 9.17) is 9.78 Å². The fourth-order valence-electron chi connectivity index (χ4n) is 5.63. The van der Waals surface area contributed by atoms with Gasteiger partial charge in [0.2, 0.25) is 11.8 Å². The zero-order valence-electron chi connectivity index (χ0n) is 19.1. The molecule has 0 spiro atoms. The maximum atomic E-state index is 13.3. The van der Waals surface area contributed by atoms with Crippen molar-refractivity contribution >= 4 is 17.7 Å². The molecule has 0 aromatic carbocycles. The standard InChI is InChI=1S/C24H35N3O5/c1-15-6-3-4-7-18-14-23(18,22(30)26-24(31-32-24)17-9-10-17)25-21(29)19-8-5-11-27(19)20(28)13-16(2)12-15/h4,7,15-19H,3,5-6,8-14H2,1-2H3,(H,25,29)(H,26,30)/b7-4-/t15-,16-,18-,19+,23-/m1/s1. The zero-order valence-corrected chi connectivity index (χ0v) is 19.1. The molecule has 0 bridgehead atoms. The van der Waals surface area contributed by atoms with Crippen molar-refractivity contribution in [3.63, 3.8) is 0 Å². The maximum absolute atomic E-state index is 13.3. The molecule has 5 rings (SSSR count). The van der Waals surface area contributed by atoms with Crippen LogP contribution in [0.3, 0.4) is 0 Å². The summed E-state index contributed by atoms with van der Waals surface area (Å²) in [5.41, 5.74) is -0.999. The fraction of sp³-hybridized carbons (Fsp3) is 0.792. The number of nitrogens with zero attached hydrogens (tertiary/aromatic N) is 1. The highest BCUT2D eigenvalue weighted by Gasteiger charge is 2.67. The highest BCUT2D eigenvalue weighted by molar-refractivity contribution is 5.98. The van der Waals surface area contributed by atoms with Crippen molar-refractivity contribution in [2.75, 3.05) is 6.54 Å². The molecule has 5 aliphatic rings. The molecule has 3 aliphatic heterocycles. The highest BCUT2D eigenvalue weighted by atomic mass is 17.4. The van der Waals surface area contributed by atoms with Crippen molar-refractivity contribution in [1.29, 1.82) is 0 Å². The van der Waals surface area contributed by atoms with Crippen LogP contribution in [0.25, 0.3) is 0 Å². The van der Waals surface area contributed by atoms with Crippen LogP contribution in [-0.2, 0) is 24.2 Å². The van der Waals surface area contributed by atoms with Crippen molar-refractivity contribution < 1.29 is 24.2 Å². The van der Waals surface area contributed by atoms with Crippen LogP contribution in [0.1, 0.15) is 71.6 Å². The molecule has 5 atom stereocenters. The molecule has 8 heteroatoms. The third kappa shape index (κ3) is 4.19. The van der Waals surface area contributed by atoms with Gasteiger partial charge in [-0.05, 0) is 63.2 Å². The Labute approximate surface area is 189 Å². The van der Waals surface area contributed by atoms with E-state index in [0.717, 1.165) is 38.5 Å². The summed E-state index contributed by atoms with van der Waals surface area (Å²) in [6.45, 7) is 4.96. The summed E-state index contributed by atoms with van der Waals surface area (Å²) in [7, 11) is 0. The summed E-state index contributed by atoms with van der Waals surface area (Å²) in [6, 6.07) is -0.502. The van der Waals surface area contributed by atoms with Crippen LogP contribution < -0.4 is 10.6 Å². The van der Waals surface area contributed by atoms with E-state index in [9.17, 15) is 14.4 Å². The van der Waals surface area contributed by atoms with Crippen molar-refractivity contribution in [1.82, 2.24) is 15.5 Å². The van der Waals surface area contributed by atoms with Crippen LogP contribution in [0.15, 0.2) is 12.2 Å². The van der Waals surface area contributed by atoms with E-state index in [2.05, 4.69) is 36.6 Å². The van der Waals surface area contributed by atoms with Gasteiger partial charge in [0.25, 0.3) is 5.91 Å². The first kappa shape index (κ1) is 21.9. The summed E-state index contributed by atoms with van der Waals surface area (Å²) in [4.78, 5) is 51.7. The van der Waals surface area contributed by atoms with Gasteiger partial charge in [-0.15, -0.1) is 0 Å². The van der Waals surface area contributed by atoms with E-state index in [1.54, 1.807) is 4.90 Å². The number of fused-ring (bicyclic) bond motifs is 2. The van der Waals surface area contributed by atoms with Crippen LogP contribution in [0, 0.1) is 23.7 Å². The Morgan fingerprint density at radius 3 is 2.66 bits per heavy atom. The Morgan fingerprint density at radius 2 is 1.94 bits per heavy atom. The number of hydrogen-bond donors (Lipinski definition) is 2. The second-order valence-corrected chi connectivity index (χ2v) is 10.7. The number of nitrogens with one attached hydrogen (secondary N) is 2. The topological polar surface area (TPSA) is 104 Å². The predicted molar refractivity (Wildman–Crippen MR) is 115 cm³/mol. The molecule has 3 heterocycles. The molecule has 2 saturated heterocycles. The smallest absolute Gasteiger partial charge is 0.313 e. The molecular formula is C24H35N3O5. The van der Waals surface area contributed by atoms with Crippen LogP contribution in [0.2, 0.25) is 0 Å². The van der Waals surface area contributed by atoms with Gasteiger partial charge in [-0.2, -0.15) is 9.78 Å². The van der Waals surface area contributed by atoms with E-state index in [-0.39, 0.29) is 29.6 Å². The maximum Gasteiger partial charge on any atom is 0.313 e. The normalized spacial score (nSPS) is 40.2. The van der Waals surface area contributed by atoms with Crippen molar-refractivity contribution in [3.05, 3.63) is 12.2 Å². The summed E-state index contributed by atoms with van der Waals surface area (Å²) in [5, 5.41) is 5.97. The van der Waals surface area contributed by atoms with Crippen LogP contribution in [0.4, 0.5) is 0 Å². The minimum absolute atomic E-state index is 0.0497. The second kappa shape index (κ2) is 8.13. The third-order valence-corrected chi connectivity index (χ3v) is 7.83. The van der Waals surface area contributed by atoms with Crippen LogP contribution in [0.5, 0.6) is 0 Å². The fourth-order valence-corrected chi connectivity index (χ4v) is 5.63. The molecule has 8 nitrogen and oxygen atoms in total. The number of hydrogen-bond acceptors (Lipinski definition) is 5. The molecule has 32 heavy (non-hydrogen) atoms. The summed E-state index contributed by atoms with van der Waals surface area (Å²) < 4.78 is 0. The molecule has 2 saturated carbocycles. The van der Waals surface area contributed by atoms with Gasteiger partial charge in [0, 0.05) is 24.8 Å².